The highest BCUT2D eigenvalue weighted by Crippen LogP contribution is 2.43. The molecule has 0 fully saturated rings. The summed E-state index contributed by atoms with van der Waals surface area (Å²) < 4.78 is 4.28. The van der Waals surface area contributed by atoms with Gasteiger partial charge in [0, 0.05) is 17.9 Å². The van der Waals surface area contributed by atoms with Crippen LogP contribution in [0.2, 0.25) is 0 Å². The molecule has 0 aliphatic heterocycles. The molecule has 0 aromatic heterocycles. The Balaban J connectivity index is 1.83. The van der Waals surface area contributed by atoms with Crippen molar-refractivity contribution in [2.24, 2.45) is 0 Å². The highest BCUT2D eigenvalue weighted by Gasteiger charge is 2.16. The molecule has 4 heteroatoms. The molecule has 0 amide bonds. The van der Waals surface area contributed by atoms with E-state index in [-0.39, 0.29) is 0 Å². The van der Waals surface area contributed by atoms with Crippen molar-refractivity contribution in [1.82, 2.24) is 0 Å². The van der Waals surface area contributed by atoms with Crippen LogP contribution in [0.25, 0.3) is 44.5 Å². The third-order valence-electron chi connectivity index (χ3n) is 5.78. The average Bonchev–Trinajstić information content (AvgIpc) is 2.85. The first-order valence-electron chi connectivity index (χ1n) is 10.7. The fourth-order valence-corrected chi connectivity index (χ4v) is 5.13. The molecule has 0 aliphatic carbocycles. The summed E-state index contributed by atoms with van der Waals surface area (Å²) in [5.41, 5.74) is 9.54. The molecule has 5 rings (SSSR count). The third kappa shape index (κ3) is 5.16. The second-order valence-corrected chi connectivity index (χ2v) is 11.6. The Bertz CT molecular complexity index is 1210. The Labute approximate surface area is 233 Å². The van der Waals surface area contributed by atoms with E-state index in [1.54, 1.807) is 0 Å². The number of benzene rings is 5. The molecule has 5 aromatic carbocycles. The fraction of sp³-hybridized carbons (Fsp3) is 0. The summed E-state index contributed by atoms with van der Waals surface area (Å²) in [4.78, 5) is 0. The second kappa shape index (κ2) is 10.3. The molecule has 5 aromatic rings. The number of rotatable bonds is 4. The number of halogens is 4. The maximum absolute atomic E-state index is 3.58. The van der Waals surface area contributed by atoms with E-state index in [9.17, 15) is 0 Å². The smallest absolute Gasteiger partial charge is 0.0175 e. The molecule has 0 N–H and O–H groups in total. The van der Waals surface area contributed by atoms with Gasteiger partial charge in [-0.1, -0.05) is 112 Å². The first-order valence-corrected chi connectivity index (χ1v) is 13.9. The van der Waals surface area contributed by atoms with Crippen LogP contribution in [0.5, 0.6) is 0 Å². The van der Waals surface area contributed by atoms with Crippen molar-refractivity contribution in [3.05, 3.63) is 127 Å². The Morgan fingerprint density at radius 3 is 0.618 bits per heavy atom. The van der Waals surface area contributed by atoms with Crippen molar-refractivity contribution in [1.29, 1.82) is 0 Å². The molecular formula is C30H18Br4. The van der Waals surface area contributed by atoms with Gasteiger partial charge in [-0.2, -0.15) is 0 Å². The Morgan fingerprint density at radius 2 is 0.441 bits per heavy atom. The van der Waals surface area contributed by atoms with Crippen LogP contribution < -0.4 is 0 Å². The van der Waals surface area contributed by atoms with Gasteiger partial charge >= 0.3 is 0 Å². The van der Waals surface area contributed by atoms with E-state index in [1.165, 1.54) is 44.5 Å². The number of hydrogen-bond acceptors (Lipinski definition) is 0. The molecule has 0 bridgehead atoms. The van der Waals surface area contributed by atoms with E-state index < -0.39 is 0 Å². The standard InChI is InChI=1S/C30H18Br4/c31-23-9-1-19(2-10-23)27-17-29(21-5-13-25(33)14-6-21)30(22-7-15-26(34)16-8-22)18-28(27)20-3-11-24(32)12-4-20/h1-18H. The molecule has 0 unspecified atom stereocenters. The predicted molar refractivity (Wildman–Crippen MR) is 159 cm³/mol. The molecule has 0 saturated carbocycles. The average molecular weight is 698 g/mol. The highest BCUT2D eigenvalue weighted by molar-refractivity contribution is 9.11. The van der Waals surface area contributed by atoms with Crippen LogP contribution in [-0.2, 0) is 0 Å². The summed E-state index contributed by atoms with van der Waals surface area (Å²) in [6.07, 6.45) is 0. The number of hydrogen-bond donors (Lipinski definition) is 0. The molecule has 0 spiro atoms. The minimum atomic E-state index is 1.07. The van der Waals surface area contributed by atoms with Crippen LogP contribution in [0.3, 0.4) is 0 Å². The largest absolute Gasteiger partial charge is 0.0532 e. The van der Waals surface area contributed by atoms with Crippen molar-refractivity contribution in [3.8, 4) is 44.5 Å². The zero-order valence-corrected chi connectivity index (χ0v) is 24.2. The van der Waals surface area contributed by atoms with Gasteiger partial charge in [-0.05, 0) is 105 Å². The molecule has 166 valence electrons. The van der Waals surface area contributed by atoms with Gasteiger partial charge < -0.3 is 0 Å². The lowest BCUT2D eigenvalue weighted by Crippen LogP contribution is -1.92. The van der Waals surface area contributed by atoms with E-state index in [0.29, 0.717) is 0 Å². The minimum absolute atomic E-state index is 1.07. The van der Waals surface area contributed by atoms with E-state index >= 15 is 0 Å². The lowest BCUT2D eigenvalue weighted by atomic mass is 9.86. The zero-order valence-electron chi connectivity index (χ0n) is 17.9. The molecule has 0 nitrogen and oxygen atoms in total. The van der Waals surface area contributed by atoms with Crippen molar-refractivity contribution in [2.75, 3.05) is 0 Å². The van der Waals surface area contributed by atoms with E-state index in [2.05, 4.69) is 173 Å². The molecule has 0 radical (unpaired) electrons. The predicted octanol–water partition coefficient (Wildman–Crippen LogP) is 11.4. The van der Waals surface area contributed by atoms with Crippen LogP contribution in [0.15, 0.2) is 127 Å². The summed E-state index contributed by atoms with van der Waals surface area (Å²) in [6, 6.07) is 38.9. The molecule has 0 aliphatic rings. The van der Waals surface area contributed by atoms with Crippen LogP contribution >= 0.6 is 63.7 Å². The second-order valence-electron chi connectivity index (χ2n) is 7.97. The minimum Gasteiger partial charge on any atom is -0.0532 e. The van der Waals surface area contributed by atoms with Gasteiger partial charge in [0.2, 0.25) is 0 Å². The van der Waals surface area contributed by atoms with Gasteiger partial charge in [-0.3, -0.25) is 0 Å². The lowest BCUT2D eigenvalue weighted by Gasteiger charge is -2.18. The van der Waals surface area contributed by atoms with Gasteiger partial charge in [-0.15, -0.1) is 0 Å². The third-order valence-corrected chi connectivity index (χ3v) is 7.89. The lowest BCUT2D eigenvalue weighted by molar-refractivity contribution is 1.52. The zero-order chi connectivity index (χ0) is 23.7. The van der Waals surface area contributed by atoms with Crippen LogP contribution in [0, 0.1) is 0 Å². The fourth-order valence-electron chi connectivity index (χ4n) is 4.07. The summed E-state index contributed by atoms with van der Waals surface area (Å²) >= 11 is 14.3. The molecular weight excluding hydrogens is 680 g/mol. The summed E-state index contributed by atoms with van der Waals surface area (Å²) in [5, 5.41) is 0. The van der Waals surface area contributed by atoms with Crippen molar-refractivity contribution >= 4 is 63.7 Å². The maximum atomic E-state index is 3.58. The Hall–Kier alpha value is -1.98. The summed E-state index contributed by atoms with van der Waals surface area (Å²) in [7, 11) is 0. The Morgan fingerprint density at radius 1 is 0.265 bits per heavy atom. The van der Waals surface area contributed by atoms with Crippen molar-refractivity contribution in [3.63, 3.8) is 0 Å². The molecule has 0 heterocycles. The topological polar surface area (TPSA) is 0 Å². The van der Waals surface area contributed by atoms with Gasteiger partial charge in [0.25, 0.3) is 0 Å². The quantitative estimate of drug-likeness (QED) is 0.175. The van der Waals surface area contributed by atoms with E-state index in [0.717, 1.165) is 17.9 Å². The van der Waals surface area contributed by atoms with Gasteiger partial charge in [0.15, 0.2) is 0 Å². The van der Waals surface area contributed by atoms with Crippen molar-refractivity contribution < 1.29 is 0 Å². The SMILES string of the molecule is Brc1ccc(-c2cc(-c3ccc(Br)cc3)c(-c3ccc(Br)cc3)cc2-c2ccc(Br)cc2)cc1. The van der Waals surface area contributed by atoms with Gasteiger partial charge in [0.05, 0.1) is 0 Å². The van der Waals surface area contributed by atoms with Crippen LogP contribution in [-0.4, -0.2) is 0 Å². The molecule has 0 saturated heterocycles. The first-order chi connectivity index (χ1) is 16.5. The van der Waals surface area contributed by atoms with E-state index in [1.807, 2.05) is 0 Å². The van der Waals surface area contributed by atoms with Crippen LogP contribution in [0.4, 0.5) is 0 Å². The maximum Gasteiger partial charge on any atom is 0.0175 e. The summed E-state index contributed by atoms with van der Waals surface area (Å²) in [6.45, 7) is 0. The summed E-state index contributed by atoms with van der Waals surface area (Å²) in [5.74, 6) is 0. The molecule has 34 heavy (non-hydrogen) atoms. The Kier molecular flexibility index (Phi) is 7.22. The van der Waals surface area contributed by atoms with Gasteiger partial charge in [-0.25, -0.2) is 0 Å². The normalized spacial score (nSPS) is 10.9. The monoisotopic (exact) mass is 694 g/mol. The first kappa shape index (κ1) is 23.7. The van der Waals surface area contributed by atoms with E-state index in [4.69, 9.17) is 0 Å². The highest BCUT2D eigenvalue weighted by atomic mass is 79.9. The molecule has 0 atom stereocenters. The van der Waals surface area contributed by atoms with Crippen molar-refractivity contribution in [2.45, 2.75) is 0 Å². The van der Waals surface area contributed by atoms with Crippen LogP contribution in [0.1, 0.15) is 0 Å². The van der Waals surface area contributed by atoms with Gasteiger partial charge in [0.1, 0.15) is 0 Å².